The van der Waals surface area contributed by atoms with Gasteiger partial charge in [0.15, 0.2) is 0 Å². The van der Waals surface area contributed by atoms with Crippen molar-refractivity contribution in [2.24, 2.45) is 0 Å². The molecule has 1 aromatic heterocycles. The fourth-order valence-electron chi connectivity index (χ4n) is 1.48. The van der Waals surface area contributed by atoms with Crippen LogP contribution in [0.25, 0.3) is 0 Å². The van der Waals surface area contributed by atoms with E-state index in [1.807, 2.05) is 0 Å². The van der Waals surface area contributed by atoms with Crippen LogP contribution < -0.4 is 5.32 Å². The SMILES string of the molecule is CCCNCc1nc(CN(C)CCOC)cs1. The van der Waals surface area contributed by atoms with E-state index in [-0.39, 0.29) is 0 Å². The summed E-state index contributed by atoms with van der Waals surface area (Å²) in [4.78, 5) is 6.83. The maximum Gasteiger partial charge on any atom is 0.107 e. The number of thiazole rings is 1. The summed E-state index contributed by atoms with van der Waals surface area (Å²) in [6, 6.07) is 0. The van der Waals surface area contributed by atoms with Crippen molar-refractivity contribution in [3.8, 4) is 0 Å². The third-order valence-electron chi connectivity index (χ3n) is 2.41. The van der Waals surface area contributed by atoms with Gasteiger partial charge in [-0.3, -0.25) is 4.90 Å². The fourth-order valence-corrected chi connectivity index (χ4v) is 2.23. The van der Waals surface area contributed by atoms with Gasteiger partial charge in [0.1, 0.15) is 5.01 Å². The van der Waals surface area contributed by atoms with E-state index in [1.165, 1.54) is 5.01 Å². The van der Waals surface area contributed by atoms with E-state index in [0.717, 1.165) is 44.9 Å². The first-order valence-electron chi connectivity index (χ1n) is 6.07. The second kappa shape index (κ2) is 8.58. The Labute approximate surface area is 108 Å². The van der Waals surface area contributed by atoms with E-state index in [9.17, 15) is 0 Å². The molecular weight excluding hydrogens is 234 g/mol. The Balaban J connectivity index is 2.29. The molecule has 0 radical (unpaired) electrons. The summed E-state index contributed by atoms with van der Waals surface area (Å²) < 4.78 is 5.05. The van der Waals surface area contributed by atoms with Crippen LogP contribution in [0, 0.1) is 0 Å². The van der Waals surface area contributed by atoms with Crippen molar-refractivity contribution in [2.45, 2.75) is 26.4 Å². The van der Waals surface area contributed by atoms with Gasteiger partial charge in [0.2, 0.25) is 0 Å². The van der Waals surface area contributed by atoms with Gasteiger partial charge in [-0.2, -0.15) is 0 Å². The lowest BCUT2D eigenvalue weighted by Crippen LogP contribution is -2.22. The highest BCUT2D eigenvalue weighted by molar-refractivity contribution is 7.09. The molecule has 0 amide bonds. The molecule has 0 atom stereocenters. The van der Waals surface area contributed by atoms with Crippen molar-refractivity contribution in [3.63, 3.8) is 0 Å². The normalized spacial score (nSPS) is 11.3. The number of methoxy groups -OCH3 is 1. The van der Waals surface area contributed by atoms with Gasteiger partial charge in [0, 0.05) is 32.1 Å². The lowest BCUT2D eigenvalue weighted by atomic mass is 10.4. The molecular formula is C12H23N3OS. The van der Waals surface area contributed by atoms with Crippen LogP contribution in [0.3, 0.4) is 0 Å². The van der Waals surface area contributed by atoms with E-state index in [4.69, 9.17) is 4.74 Å². The van der Waals surface area contributed by atoms with Crippen LogP contribution in [0.2, 0.25) is 0 Å². The van der Waals surface area contributed by atoms with Crippen LogP contribution in [0.5, 0.6) is 0 Å². The van der Waals surface area contributed by atoms with Crippen LogP contribution in [0.1, 0.15) is 24.0 Å². The van der Waals surface area contributed by atoms with E-state index >= 15 is 0 Å². The molecule has 0 aliphatic carbocycles. The Hall–Kier alpha value is -0.490. The minimum atomic E-state index is 0.769. The molecule has 17 heavy (non-hydrogen) atoms. The molecule has 1 N–H and O–H groups in total. The maximum absolute atomic E-state index is 5.05. The Morgan fingerprint density at radius 3 is 3.06 bits per heavy atom. The molecule has 0 unspecified atom stereocenters. The molecule has 0 aliphatic heterocycles. The molecule has 4 nitrogen and oxygen atoms in total. The van der Waals surface area contributed by atoms with E-state index < -0.39 is 0 Å². The van der Waals surface area contributed by atoms with Crippen LogP contribution >= 0.6 is 11.3 Å². The zero-order valence-electron chi connectivity index (χ0n) is 11.0. The Morgan fingerprint density at radius 1 is 1.53 bits per heavy atom. The summed E-state index contributed by atoms with van der Waals surface area (Å²) in [5, 5.41) is 6.69. The number of likely N-dealkylation sites (N-methyl/N-ethyl adjacent to an activating group) is 1. The highest BCUT2D eigenvalue weighted by atomic mass is 32.1. The Kier molecular flexibility index (Phi) is 7.35. The summed E-state index contributed by atoms with van der Waals surface area (Å²) in [5.74, 6) is 0. The molecule has 0 saturated heterocycles. The number of hydrogen-bond donors (Lipinski definition) is 1. The quantitative estimate of drug-likeness (QED) is 0.684. The average Bonchev–Trinajstić information content (AvgIpc) is 2.74. The van der Waals surface area contributed by atoms with Gasteiger partial charge < -0.3 is 10.1 Å². The summed E-state index contributed by atoms with van der Waals surface area (Å²) in [6.07, 6.45) is 1.16. The predicted octanol–water partition coefficient (Wildman–Crippen LogP) is 1.72. The van der Waals surface area contributed by atoms with Gasteiger partial charge in [-0.05, 0) is 20.0 Å². The number of ether oxygens (including phenoxy) is 1. The van der Waals surface area contributed by atoms with Gasteiger partial charge in [-0.1, -0.05) is 6.92 Å². The molecule has 0 fully saturated rings. The van der Waals surface area contributed by atoms with Gasteiger partial charge >= 0.3 is 0 Å². The van der Waals surface area contributed by atoms with Crippen LogP contribution in [-0.2, 0) is 17.8 Å². The van der Waals surface area contributed by atoms with Crippen molar-refractivity contribution < 1.29 is 4.74 Å². The molecule has 1 aromatic rings. The second-order valence-electron chi connectivity index (χ2n) is 4.14. The van der Waals surface area contributed by atoms with Crippen molar-refractivity contribution in [1.82, 2.24) is 15.2 Å². The van der Waals surface area contributed by atoms with E-state index in [2.05, 4.69) is 34.6 Å². The first-order valence-corrected chi connectivity index (χ1v) is 6.95. The minimum absolute atomic E-state index is 0.769. The summed E-state index contributed by atoms with van der Waals surface area (Å²) in [6.45, 7) is 6.73. The maximum atomic E-state index is 5.05. The summed E-state index contributed by atoms with van der Waals surface area (Å²) >= 11 is 1.73. The number of hydrogen-bond acceptors (Lipinski definition) is 5. The standard InChI is InChI=1S/C12H23N3OS/c1-4-5-13-8-12-14-11(10-17-12)9-15(2)6-7-16-3/h10,13H,4-9H2,1-3H3. The second-order valence-corrected chi connectivity index (χ2v) is 5.08. The molecule has 5 heteroatoms. The lowest BCUT2D eigenvalue weighted by Gasteiger charge is -2.13. The number of nitrogens with one attached hydrogen (secondary N) is 1. The monoisotopic (exact) mass is 257 g/mol. The van der Waals surface area contributed by atoms with E-state index in [1.54, 1.807) is 18.4 Å². The zero-order chi connectivity index (χ0) is 12.5. The summed E-state index contributed by atoms with van der Waals surface area (Å²) in [5.41, 5.74) is 1.15. The Bertz CT molecular complexity index is 304. The van der Waals surface area contributed by atoms with Gasteiger partial charge in [-0.25, -0.2) is 4.98 Å². The Morgan fingerprint density at radius 2 is 2.35 bits per heavy atom. The smallest absolute Gasteiger partial charge is 0.107 e. The molecule has 1 heterocycles. The van der Waals surface area contributed by atoms with Gasteiger partial charge in [0.25, 0.3) is 0 Å². The fraction of sp³-hybridized carbons (Fsp3) is 0.750. The molecule has 1 rings (SSSR count). The zero-order valence-corrected chi connectivity index (χ0v) is 11.8. The van der Waals surface area contributed by atoms with E-state index in [0.29, 0.717) is 0 Å². The lowest BCUT2D eigenvalue weighted by molar-refractivity contribution is 0.158. The van der Waals surface area contributed by atoms with Crippen LogP contribution in [-0.4, -0.2) is 43.7 Å². The highest BCUT2D eigenvalue weighted by Gasteiger charge is 2.04. The third kappa shape index (κ3) is 6.12. The topological polar surface area (TPSA) is 37.4 Å². The van der Waals surface area contributed by atoms with Crippen molar-refractivity contribution in [2.75, 3.05) is 33.9 Å². The molecule has 0 bridgehead atoms. The molecule has 0 aromatic carbocycles. The van der Waals surface area contributed by atoms with Gasteiger partial charge in [-0.15, -0.1) is 11.3 Å². The largest absolute Gasteiger partial charge is 0.383 e. The number of nitrogens with zero attached hydrogens (tertiary/aromatic N) is 2. The molecule has 0 spiro atoms. The van der Waals surface area contributed by atoms with Crippen molar-refractivity contribution >= 4 is 11.3 Å². The molecule has 0 saturated carbocycles. The first-order chi connectivity index (χ1) is 8.26. The third-order valence-corrected chi connectivity index (χ3v) is 3.31. The number of rotatable bonds is 9. The first kappa shape index (κ1) is 14.6. The van der Waals surface area contributed by atoms with Gasteiger partial charge in [0.05, 0.1) is 12.3 Å². The number of aromatic nitrogens is 1. The predicted molar refractivity (Wildman–Crippen MR) is 72.3 cm³/mol. The van der Waals surface area contributed by atoms with Crippen molar-refractivity contribution in [1.29, 1.82) is 0 Å². The summed E-state index contributed by atoms with van der Waals surface area (Å²) in [7, 11) is 3.82. The van der Waals surface area contributed by atoms with Crippen LogP contribution in [0.15, 0.2) is 5.38 Å². The minimum Gasteiger partial charge on any atom is -0.383 e. The highest BCUT2D eigenvalue weighted by Crippen LogP contribution is 2.11. The van der Waals surface area contributed by atoms with Crippen molar-refractivity contribution in [3.05, 3.63) is 16.1 Å². The van der Waals surface area contributed by atoms with Crippen LogP contribution in [0.4, 0.5) is 0 Å². The average molecular weight is 257 g/mol. The molecule has 98 valence electrons. The molecule has 0 aliphatic rings.